The van der Waals surface area contributed by atoms with Crippen LogP contribution >= 0.6 is 23.2 Å². The van der Waals surface area contributed by atoms with Crippen LogP contribution < -0.4 is 20.9 Å². The highest BCUT2D eigenvalue weighted by molar-refractivity contribution is 6.35. The van der Waals surface area contributed by atoms with Crippen molar-refractivity contribution >= 4 is 40.7 Å². The topological polar surface area (TPSA) is 85.9 Å². The summed E-state index contributed by atoms with van der Waals surface area (Å²) in [6.45, 7) is 6.14. The predicted octanol–water partition coefficient (Wildman–Crippen LogP) is 2.71. The van der Waals surface area contributed by atoms with Gasteiger partial charge in [-0.15, -0.1) is 0 Å². The molecule has 2 aromatic rings. The fraction of sp³-hybridized carbons (Fsp3) is 0.481. The Morgan fingerprint density at radius 1 is 1.05 bits per heavy atom. The number of amides is 2. The predicted molar refractivity (Wildman–Crippen MR) is 149 cm³/mol. The van der Waals surface area contributed by atoms with Crippen molar-refractivity contribution in [1.82, 2.24) is 20.9 Å². The monoisotopic (exact) mass is 549 g/mol. The van der Waals surface area contributed by atoms with Crippen LogP contribution in [0.1, 0.15) is 18.1 Å². The molecule has 8 nitrogen and oxygen atoms in total. The molecule has 0 bridgehead atoms. The highest BCUT2D eigenvalue weighted by atomic mass is 35.5. The largest absolute Gasteiger partial charge is 0.383 e. The van der Waals surface area contributed by atoms with Crippen LogP contribution in [0, 0.1) is 0 Å². The zero-order valence-corrected chi connectivity index (χ0v) is 23.2. The molecule has 2 unspecified atom stereocenters. The summed E-state index contributed by atoms with van der Waals surface area (Å²) in [4.78, 5) is 30.1. The molecule has 37 heavy (non-hydrogen) atoms. The van der Waals surface area contributed by atoms with E-state index >= 15 is 0 Å². The molecule has 1 aliphatic heterocycles. The lowest BCUT2D eigenvalue weighted by atomic mass is 10.0. The third kappa shape index (κ3) is 8.58. The summed E-state index contributed by atoms with van der Waals surface area (Å²) in [5, 5.41) is 10.2. The Hall–Kier alpha value is -2.36. The Balaban J connectivity index is 1.67. The summed E-state index contributed by atoms with van der Waals surface area (Å²) >= 11 is 12.4. The summed E-state index contributed by atoms with van der Waals surface area (Å²) in [5.41, 5.74) is 3.13. The molecule has 1 aliphatic rings. The van der Waals surface area contributed by atoms with Crippen molar-refractivity contribution in [2.75, 3.05) is 58.4 Å². The Morgan fingerprint density at radius 2 is 1.78 bits per heavy atom. The molecule has 2 amide bonds. The van der Waals surface area contributed by atoms with Gasteiger partial charge in [-0.2, -0.15) is 0 Å². The number of nitrogens with one attached hydrogen (secondary N) is 3. The second-order valence-corrected chi connectivity index (χ2v) is 10.1. The fourth-order valence-corrected chi connectivity index (χ4v) is 4.95. The summed E-state index contributed by atoms with van der Waals surface area (Å²) < 4.78 is 5.23. The zero-order valence-electron chi connectivity index (χ0n) is 21.7. The zero-order chi connectivity index (χ0) is 26.8. The SMILES string of the molecule is CNCC(=O)NC(Cc1ccc(Cl)cc1Cl)C(=O)N1CCN(c2ccccc2CNC(C)COC)CC1. The average Bonchev–Trinajstić information content (AvgIpc) is 2.89. The molecule has 2 aromatic carbocycles. The number of para-hydroxylation sites is 1. The van der Waals surface area contributed by atoms with E-state index in [-0.39, 0.29) is 24.4 Å². The molecule has 0 saturated carbocycles. The van der Waals surface area contributed by atoms with Gasteiger partial charge >= 0.3 is 0 Å². The van der Waals surface area contributed by atoms with Gasteiger partial charge in [-0.1, -0.05) is 47.5 Å². The van der Waals surface area contributed by atoms with Gasteiger partial charge in [0.05, 0.1) is 13.2 Å². The molecule has 1 fully saturated rings. The number of piperazine rings is 1. The minimum absolute atomic E-state index is 0.113. The van der Waals surface area contributed by atoms with Crippen LogP contribution in [0.4, 0.5) is 5.69 Å². The van der Waals surface area contributed by atoms with Crippen LogP contribution in [0.15, 0.2) is 42.5 Å². The molecule has 0 aliphatic carbocycles. The number of hydrogen-bond donors (Lipinski definition) is 3. The van der Waals surface area contributed by atoms with E-state index in [1.807, 2.05) is 17.0 Å². The Kier molecular flexibility index (Phi) is 11.5. The molecule has 3 N–H and O–H groups in total. The lowest BCUT2D eigenvalue weighted by molar-refractivity contribution is -0.136. The van der Waals surface area contributed by atoms with Gasteiger partial charge in [0.25, 0.3) is 0 Å². The number of likely N-dealkylation sites (N-methyl/N-ethyl adjacent to an activating group) is 1. The minimum Gasteiger partial charge on any atom is -0.383 e. The normalized spacial score (nSPS) is 15.4. The first-order valence-electron chi connectivity index (χ1n) is 12.5. The van der Waals surface area contributed by atoms with Crippen LogP contribution in [-0.4, -0.2) is 82.3 Å². The van der Waals surface area contributed by atoms with Crippen molar-refractivity contribution in [2.45, 2.75) is 32.0 Å². The van der Waals surface area contributed by atoms with Crippen molar-refractivity contribution in [3.63, 3.8) is 0 Å². The summed E-state index contributed by atoms with van der Waals surface area (Å²) in [5.74, 6) is -0.354. The molecule has 0 aromatic heterocycles. The number of methoxy groups -OCH3 is 1. The van der Waals surface area contributed by atoms with E-state index < -0.39 is 6.04 Å². The highest BCUT2D eigenvalue weighted by Gasteiger charge is 2.30. The maximum atomic E-state index is 13.6. The first-order valence-corrected chi connectivity index (χ1v) is 13.3. The summed E-state index contributed by atoms with van der Waals surface area (Å²) in [6.07, 6.45) is 0.290. The van der Waals surface area contributed by atoms with Crippen LogP contribution in [-0.2, 0) is 27.3 Å². The summed E-state index contributed by atoms with van der Waals surface area (Å²) in [7, 11) is 3.39. The molecule has 1 saturated heterocycles. The van der Waals surface area contributed by atoms with E-state index in [2.05, 4.69) is 39.9 Å². The third-order valence-electron chi connectivity index (χ3n) is 6.39. The quantitative estimate of drug-likeness (QED) is 0.377. The third-order valence-corrected chi connectivity index (χ3v) is 6.98. The number of halogens is 2. The van der Waals surface area contributed by atoms with E-state index in [0.29, 0.717) is 49.3 Å². The number of carbonyl (C=O) groups is 2. The molecule has 10 heteroatoms. The smallest absolute Gasteiger partial charge is 0.245 e. The van der Waals surface area contributed by atoms with E-state index in [4.69, 9.17) is 27.9 Å². The van der Waals surface area contributed by atoms with Gasteiger partial charge in [-0.3, -0.25) is 9.59 Å². The number of benzene rings is 2. The van der Waals surface area contributed by atoms with Crippen LogP contribution in [0.5, 0.6) is 0 Å². The first-order chi connectivity index (χ1) is 17.8. The number of carbonyl (C=O) groups excluding carboxylic acids is 2. The standard InChI is InChI=1S/C27H37Cl2N5O3/c1-19(18-37-3)31-16-21-6-4-5-7-25(21)33-10-12-34(13-11-33)27(36)24(32-26(35)17-30-2)14-20-8-9-22(28)15-23(20)29/h4-9,15,19,24,30-31H,10-14,16-18H2,1-3H3,(H,32,35). The lowest BCUT2D eigenvalue weighted by Gasteiger charge is -2.38. The van der Waals surface area contributed by atoms with E-state index in [1.54, 1.807) is 32.4 Å². The second-order valence-electron chi connectivity index (χ2n) is 9.27. The maximum Gasteiger partial charge on any atom is 0.245 e. The molecule has 1 heterocycles. The van der Waals surface area contributed by atoms with Crippen LogP contribution in [0.3, 0.4) is 0 Å². The molecule has 0 radical (unpaired) electrons. The Morgan fingerprint density at radius 3 is 2.46 bits per heavy atom. The van der Waals surface area contributed by atoms with Crippen LogP contribution in [0.25, 0.3) is 0 Å². The van der Waals surface area contributed by atoms with Gasteiger partial charge < -0.3 is 30.5 Å². The van der Waals surface area contributed by atoms with Gasteiger partial charge in [0, 0.05) is 68.0 Å². The Bertz CT molecular complexity index is 1050. The van der Waals surface area contributed by atoms with Gasteiger partial charge in [-0.25, -0.2) is 0 Å². The van der Waals surface area contributed by atoms with Crippen molar-refractivity contribution in [3.05, 3.63) is 63.6 Å². The van der Waals surface area contributed by atoms with Gasteiger partial charge in [-0.05, 0) is 43.3 Å². The lowest BCUT2D eigenvalue weighted by Crippen LogP contribution is -2.56. The van der Waals surface area contributed by atoms with E-state index in [9.17, 15) is 9.59 Å². The van der Waals surface area contributed by atoms with Crippen LogP contribution in [0.2, 0.25) is 10.0 Å². The number of anilines is 1. The van der Waals surface area contributed by atoms with E-state index in [0.717, 1.165) is 12.1 Å². The maximum absolute atomic E-state index is 13.6. The highest BCUT2D eigenvalue weighted by Crippen LogP contribution is 2.24. The fourth-order valence-electron chi connectivity index (χ4n) is 4.46. The number of nitrogens with zero attached hydrogens (tertiary/aromatic N) is 2. The van der Waals surface area contributed by atoms with Gasteiger partial charge in [0.2, 0.25) is 11.8 Å². The first kappa shape index (κ1) is 29.2. The molecule has 3 rings (SSSR count). The Labute approximate surface area is 229 Å². The van der Waals surface area contributed by atoms with Crippen molar-refractivity contribution < 1.29 is 14.3 Å². The molecular weight excluding hydrogens is 513 g/mol. The number of rotatable bonds is 12. The van der Waals surface area contributed by atoms with Gasteiger partial charge in [0.1, 0.15) is 6.04 Å². The summed E-state index contributed by atoms with van der Waals surface area (Å²) in [6, 6.07) is 13.0. The van der Waals surface area contributed by atoms with Gasteiger partial charge in [0.15, 0.2) is 0 Å². The molecule has 2 atom stereocenters. The van der Waals surface area contributed by atoms with Crippen molar-refractivity contribution in [1.29, 1.82) is 0 Å². The molecule has 0 spiro atoms. The number of ether oxygens (including phenoxy) is 1. The van der Waals surface area contributed by atoms with Crippen molar-refractivity contribution in [2.24, 2.45) is 0 Å². The molecular formula is C27H37Cl2N5O3. The van der Waals surface area contributed by atoms with E-state index in [1.165, 1.54) is 11.3 Å². The average molecular weight is 551 g/mol. The van der Waals surface area contributed by atoms with Crippen molar-refractivity contribution in [3.8, 4) is 0 Å². The number of hydrogen-bond acceptors (Lipinski definition) is 6. The second kappa shape index (κ2) is 14.5. The molecule has 202 valence electrons. The minimum atomic E-state index is -0.718.